The number of nitrogens with zero attached hydrogens (tertiary/aromatic N) is 3. The number of piperidine rings is 2. The highest BCUT2D eigenvalue weighted by Gasteiger charge is 2.25. The lowest BCUT2D eigenvalue weighted by Crippen LogP contribution is -2.48. The molecular formula is C20H26FN5O. The number of halogens is 1. The fourth-order valence-electron chi connectivity index (χ4n) is 4.00. The molecule has 3 heterocycles. The number of rotatable bonds is 4. The average molecular weight is 371 g/mol. The molecular weight excluding hydrogens is 345 g/mol. The second-order valence-corrected chi connectivity index (χ2v) is 7.39. The van der Waals surface area contributed by atoms with Gasteiger partial charge in [-0.05, 0) is 50.4 Å². The van der Waals surface area contributed by atoms with E-state index in [2.05, 4.69) is 15.7 Å². The van der Waals surface area contributed by atoms with Crippen molar-refractivity contribution in [3.63, 3.8) is 0 Å². The number of hydrogen-bond acceptors (Lipinski definition) is 4. The van der Waals surface area contributed by atoms with Gasteiger partial charge < -0.3 is 15.5 Å². The standard InChI is InChI=1S/C20H26FN5O/c21-17-7-1-2-8-19(17)25-11-4-5-15(14-25)23-20(27)18-9-12-26(24-18)16-6-3-10-22-13-16/h1-2,7-9,12,15-16,22H,3-6,10-11,13-14H2,(H,23,27). The van der Waals surface area contributed by atoms with Gasteiger partial charge in [-0.15, -0.1) is 0 Å². The molecule has 1 aromatic carbocycles. The largest absolute Gasteiger partial charge is 0.367 e. The molecule has 2 atom stereocenters. The number of nitrogens with one attached hydrogen (secondary N) is 2. The molecule has 2 unspecified atom stereocenters. The molecule has 4 rings (SSSR count). The van der Waals surface area contributed by atoms with Crippen molar-refractivity contribution in [1.82, 2.24) is 20.4 Å². The van der Waals surface area contributed by atoms with Crippen LogP contribution in [-0.4, -0.2) is 47.9 Å². The Kier molecular flexibility index (Phi) is 5.38. The first-order valence-electron chi connectivity index (χ1n) is 9.77. The second-order valence-electron chi connectivity index (χ2n) is 7.39. The zero-order valence-corrected chi connectivity index (χ0v) is 15.4. The van der Waals surface area contributed by atoms with Crippen LogP contribution in [0.4, 0.5) is 10.1 Å². The van der Waals surface area contributed by atoms with Crippen molar-refractivity contribution in [2.75, 3.05) is 31.1 Å². The van der Waals surface area contributed by atoms with Crippen LogP contribution in [0.2, 0.25) is 0 Å². The minimum atomic E-state index is -0.218. The number of carbonyl (C=O) groups is 1. The third-order valence-corrected chi connectivity index (χ3v) is 5.44. The van der Waals surface area contributed by atoms with Crippen molar-refractivity contribution in [3.8, 4) is 0 Å². The van der Waals surface area contributed by atoms with E-state index in [1.807, 2.05) is 21.8 Å². The monoisotopic (exact) mass is 371 g/mol. The third kappa shape index (κ3) is 4.13. The van der Waals surface area contributed by atoms with E-state index < -0.39 is 0 Å². The minimum Gasteiger partial charge on any atom is -0.367 e. The number of amides is 1. The molecule has 0 saturated carbocycles. The molecule has 1 amide bonds. The quantitative estimate of drug-likeness (QED) is 0.866. The van der Waals surface area contributed by atoms with Crippen LogP contribution in [0.25, 0.3) is 0 Å². The second kappa shape index (κ2) is 8.08. The van der Waals surface area contributed by atoms with Gasteiger partial charge in [0.1, 0.15) is 11.5 Å². The Morgan fingerprint density at radius 1 is 1.22 bits per heavy atom. The molecule has 2 aromatic rings. The van der Waals surface area contributed by atoms with Crippen LogP contribution in [0.3, 0.4) is 0 Å². The zero-order valence-electron chi connectivity index (χ0n) is 15.4. The van der Waals surface area contributed by atoms with Crippen LogP contribution >= 0.6 is 0 Å². The van der Waals surface area contributed by atoms with E-state index in [0.29, 0.717) is 24.0 Å². The molecule has 7 heteroatoms. The lowest BCUT2D eigenvalue weighted by Gasteiger charge is -2.34. The summed E-state index contributed by atoms with van der Waals surface area (Å²) in [7, 11) is 0. The van der Waals surface area contributed by atoms with Gasteiger partial charge in [-0.25, -0.2) is 4.39 Å². The fraction of sp³-hybridized carbons (Fsp3) is 0.500. The van der Waals surface area contributed by atoms with Crippen LogP contribution < -0.4 is 15.5 Å². The van der Waals surface area contributed by atoms with Crippen molar-refractivity contribution in [3.05, 3.63) is 48.0 Å². The van der Waals surface area contributed by atoms with E-state index in [0.717, 1.165) is 45.3 Å². The number of hydrogen-bond donors (Lipinski definition) is 2. The van der Waals surface area contributed by atoms with Gasteiger partial charge in [0, 0.05) is 31.9 Å². The van der Waals surface area contributed by atoms with Crippen molar-refractivity contribution in [1.29, 1.82) is 0 Å². The summed E-state index contributed by atoms with van der Waals surface area (Å²) >= 11 is 0. The molecule has 2 saturated heterocycles. The zero-order chi connectivity index (χ0) is 18.6. The minimum absolute atomic E-state index is 0.00708. The molecule has 0 radical (unpaired) electrons. The lowest BCUT2D eigenvalue weighted by molar-refractivity contribution is 0.0926. The van der Waals surface area contributed by atoms with Gasteiger partial charge in [0.2, 0.25) is 0 Å². The van der Waals surface area contributed by atoms with Gasteiger partial charge in [-0.2, -0.15) is 5.10 Å². The maximum Gasteiger partial charge on any atom is 0.272 e. The van der Waals surface area contributed by atoms with E-state index in [4.69, 9.17) is 0 Å². The van der Waals surface area contributed by atoms with E-state index in [-0.39, 0.29) is 17.8 Å². The first kappa shape index (κ1) is 18.0. The highest BCUT2D eigenvalue weighted by atomic mass is 19.1. The van der Waals surface area contributed by atoms with Gasteiger partial charge in [0.15, 0.2) is 0 Å². The van der Waals surface area contributed by atoms with Gasteiger partial charge in [-0.1, -0.05) is 12.1 Å². The van der Waals surface area contributed by atoms with Gasteiger partial charge >= 0.3 is 0 Å². The Bertz CT molecular complexity index is 786. The first-order chi connectivity index (χ1) is 13.2. The Hall–Kier alpha value is -2.41. The molecule has 6 nitrogen and oxygen atoms in total. The molecule has 1 aromatic heterocycles. The molecule has 0 spiro atoms. The number of anilines is 1. The summed E-state index contributed by atoms with van der Waals surface area (Å²) in [5.41, 5.74) is 1.05. The normalized spacial score (nSPS) is 23.2. The predicted molar refractivity (Wildman–Crippen MR) is 102 cm³/mol. The molecule has 27 heavy (non-hydrogen) atoms. The summed E-state index contributed by atoms with van der Waals surface area (Å²) in [6.45, 7) is 3.35. The van der Waals surface area contributed by atoms with Crippen LogP contribution in [0.5, 0.6) is 0 Å². The van der Waals surface area contributed by atoms with Crippen molar-refractivity contribution in [2.24, 2.45) is 0 Å². The topological polar surface area (TPSA) is 62.2 Å². The third-order valence-electron chi connectivity index (χ3n) is 5.44. The summed E-state index contributed by atoms with van der Waals surface area (Å²) in [6.07, 6.45) is 5.90. The highest BCUT2D eigenvalue weighted by molar-refractivity contribution is 5.92. The van der Waals surface area contributed by atoms with Crippen LogP contribution in [0.15, 0.2) is 36.5 Å². The molecule has 144 valence electrons. The Labute approximate surface area is 158 Å². The maximum atomic E-state index is 14.1. The Balaban J connectivity index is 1.38. The van der Waals surface area contributed by atoms with E-state index >= 15 is 0 Å². The summed E-state index contributed by atoms with van der Waals surface area (Å²) in [4.78, 5) is 14.6. The van der Waals surface area contributed by atoms with Gasteiger partial charge in [-0.3, -0.25) is 9.48 Å². The van der Waals surface area contributed by atoms with Crippen LogP contribution in [0.1, 0.15) is 42.2 Å². The fourth-order valence-corrected chi connectivity index (χ4v) is 4.00. The van der Waals surface area contributed by atoms with Crippen LogP contribution in [-0.2, 0) is 0 Å². The molecule has 2 aliphatic heterocycles. The van der Waals surface area contributed by atoms with E-state index in [1.165, 1.54) is 6.07 Å². The molecule has 2 fully saturated rings. The number of aromatic nitrogens is 2. The lowest BCUT2D eigenvalue weighted by atomic mass is 10.0. The summed E-state index contributed by atoms with van der Waals surface area (Å²) in [6, 6.07) is 8.89. The predicted octanol–water partition coefficient (Wildman–Crippen LogP) is 2.35. The Morgan fingerprint density at radius 3 is 2.93 bits per heavy atom. The van der Waals surface area contributed by atoms with Gasteiger partial charge in [0.25, 0.3) is 5.91 Å². The van der Waals surface area contributed by atoms with Crippen molar-refractivity contribution in [2.45, 2.75) is 37.8 Å². The number of para-hydroxylation sites is 1. The summed E-state index contributed by atoms with van der Waals surface area (Å²) in [5, 5.41) is 10.9. The average Bonchev–Trinajstić information content (AvgIpc) is 3.20. The Morgan fingerprint density at radius 2 is 2.11 bits per heavy atom. The van der Waals surface area contributed by atoms with Crippen molar-refractivity contribution >= 4 is 11.6 Å². The van der Waals surface area contributed by atoms with Crippen LogP contribution in [0, 0.1) is 5.82 Å². The van der Waals surface area contributed by atoms with E-state index in [9.17, 15) is 9.18 Å². The number of carbonyl (C=O) groups excluding carboxylic acids is 1. The number of benzene rings is 1. The molecule has 0 aliphatic carbocycles. The van der Waals surface area contributed by atoms with E-state index in [1.54, 1.807) is 18.2 Å². The summed E-state index contributed by atoms with van der Waals surface area (Å²) in [5.74, 6) is -0.373. The SMILES string of the molecule is O=C(NC1CCCN(c2ccccc2F)C1)c1ccn(C2CCCNC2)n1. The van der Waals surface area contributed by atoms with Gasteiger partial charge in [0.05, 0.1) is 11.7 Å². The smallest absolute Gasteiger partial charge is 0.272 e. The molecule has 2 aliphatic rings. The first-order valence-corrected chi connectivity index (χ1v) is 9.77. The summed E-state index contributed by atoms with van der Waals surface area (Å²) < 4.78 is 16.0. The maximum absolute atomic E-state index is 14.1. The van der Waals surface area contributed by atoms with Crippen molar-refractivity contribution < 1.29 is 9.18 Å². The highest BCUT2D eigenvalue weighted by Crippen LogP contribution is 2.23. The molecule has 2 N–H and O–H groups in total. The molecule has 0 bridgehead atoms.